The first-order valence-corrected chi connectivity index (χ1v) is 7.27. The van der Waals surface area contributed by atoms with Crippen LogP contribution in [0.25, 0.3) is 0 Å². The topological polar surface area (TPSA) is 0 Å². The van der Waals surface area contributed by atoms with Gasteiger partial charge < -0.3 is 0 Å². The maximum atomic E-state index is 2.49. The molecule has 0 spiro atoms. The lowest BCUT2D eigenvalue weighted by Gasteiger charge is -2.19. The van der Waals surface area contributed by atoms with Crippen molar-refractivity contribution in [3.05, 3.63) is 0 Å². The van der Waals surface area contributed by atoms with Crippen molar-refractivity contribution < 1.29 is 0 Å². The van der Waals surface area contributed by atoms with Crippen molar-refractivity contribution in [3.8, 4) is 0 Å². The Kier molecular flexibility index (Phi) is 6.36. The van der Waals surface area contributed by atoms with Crippen molar-refractivity contribution in [1.82, 2.24) is 0 Å². The standard InChI is InChI=1S/C15H30/c1-4-6-7-9-13(3)15-11-10-14(12-15)8-5-2/h13-15H,4-12H2,1-3H3. The smallest absolute Gasteiger partial charge is 0.0386 e. The van der Waals surface area contributed by atoms with Gasteiger partial charge >= 0.3 is 0 Å². The molecule has 15 heavy (non-hydrogen) atoms. The van der Waals surface area contributed by atoms with E-state index in [2.05, 4.69) is 20.8 Å². The maximum Gasteiger partial charge on any atom is -0.0386 e. The Bertz CT molecular complexity index is 150. The second kappa shape index (κ2) is 7.30. The molecule has 0 aliphatic heterocycles. The van der Waals surface area contributed by atoms with Crippen LogP contribution in [0.5, 0.6) is 0 Å². The molecule has 0 heterocycles. The summed E-state index contributed by atoms with van der Waals surface area (Å²) in [5.74, 6) is 3.14. The second-order valence-corrected chi connectivity index (χ2v) is 5.70. The Morgan fingerprint density at radius 3 is 2.53 bits per heavy atom. The van der Waals surface area contributed by atoms with Gasteiger partial charge in [-0.2, -0.15) is 0 Å². The van der Waals surface area contributed by atoms with Gasteiger partial charge in [0.2, 0.25) is 0 Å². The summed E-state index contributed by atoms with van der Waals surface area (Å²) in [6.45, 7) is 7.13. The molecule has 0 saturated heterocycles. The third-order valence-corrected chi connectivity index (χ3v) is 4.35. The van der Waals surface area contributed by atoms with Gasteiger partial charge in [0.25, 0.3) is 0 Å². The SMILES string of the molecule is CCCCCC(C)C1CCC(CCC)C1. The average molecular weight is 210 g/mol. The van der Waals surface area contributed by atoms with Gasteiger partial charge in [0.05, 0.1) is 0 Å². The van der Waals surface area contributed by atoms with Gasteiger partial charge in [-0.25, -0.2) is 0 Å². The van der Waals surface area contributed by atoms with Gasteiger partial charge in [0.1, 0.15) is 0 Å². The van der Waals surface area contributed by atoms with Gasteiger partial charge in [-0.15, -0.1) is 0 Å². The van der Waals surface area contributed by atoms with E-state index in [0.29, 0.717) is 0 Å². The molecule has 0 heteroatoms. The normalized spacial score (nSPS) is 28.2. The predicted molar refractivity (Wildman–Crippen MR) is 69.0 cm³/mol. The summed E-state index contributed by atoms with van der Waals surface area (Å²) >= 11 is 0. The third kappa shape index (κ3) is 4.57. The molecule has 90 valence electrons. The summed E-state index contributed by atoms with van der Waals surface area (Å²) in [4.78, 5) is 0. The van der Waals surface area contributed by atoms with E-state index in [0.717, 1.165) is 17.8 Å². The molecule has 1 saturated carbocycles. The Morgan fingerprint density at radius 2 is 1.87 bits per heavy atom. The molecule has 0 aromatic carbocycles. The summed E-state index contributed by atoms with van der Waals surface area (Å²) in [6, 6.07) is 0. The van der Waals surface area contributed by atoms with Gasteiger partial charge in [0.15, 0.2) is 0 Å². The Morgan fingerprint density at radius 1 is 1.07 bits per heavy atom. The maximum absolute atomic E-state index is 2.49. The number of hydrogen-bond donors (Lipinski definition) is 0. The van der Waals surface area contributed by atoms with E-state index in [4.69, 9.17) is 0 Å². The highest BCUT2D eigenvalue weighted by atomic mass is 14.3. The van der Waals surface area contributed by atoms with Gasteiger partial charge in [0, 0.05) is 0 Å². The van der Waals surface area contributed by atoms with Crippen LogP contribution in [0.4, 0.5) is 0 Å². The Balaban J connectivity index is 2.15. The number of hydrogen-bond acceptors (Lipinski definition) is 0. The zero-order valence-electron chi connectivity index (χ0n) is 11.1. The molecule has 0 N–H and O–H groups in total. The highest BCUT2D eigenvalue weighted by molar-refractivity contribution is 4.78. The van der Waals surface area contributed by atoms with Crippen LogP contribution in [-0.2, 0) is 0 Å². The molecule has 0 aromatic rings. The zero-order valence-corrected chi connectivity index (χ0v) is 11.1. The molecule has 1 aliphatic carbocycles. The lowest BCUT2D eigenvalue weighted by atomic mass is 9.87. The molecular formula is C15H30. The van der Waals surface area contributed by atoms with Gasteiger partial charge in [-0.1, -0.05) is 65.7 Å². The largest absolute Gasteiger partial charge is 0.0654 e. The molecule has 0 nitrogen and oxygen atoms in total. The molecule has 3 unspecified atom stereocenters. The molecular weight excluding hydrogens is 180 g/mol. The van der Waals surface area contributed by atoms with Crippen LogP contribution in [0.2, 0.25) is 0 Å². The van der Waals surface area contributed by atoms with E-state index in [1.165, 1.54) is 51.4 Å². The molecule has 1 aliphatic rings. The fourth-order valence-electron chi connectivity index (χ4n) is 3.25. The lowest BCUT2D eigenvalue weighted by Crippen LogP contribution is -2.08. The highest BCUT2D eigenvalue weighted by Crippen LogP contribution is 2.39. The minimum atomic E-state index is 0.999. The summed E-state index contributed by atoms with van der Waals surface area (Å²) in [5.41, 5.74) is 0. The average Bonchev–Trinajstić information content (AvgIpc) is 2.67. The van der Waals surface area contributed by atoms with Crippen molar-refractivity contribution in [2.24, 2.45) is 17.8 Å². The van der Waals surface area contributed by atoms with E-state index in [1.807, 2.05) is 0 Å². The molecule has 1 fully saturated rings. The molecule has 0 aromatic heterocycles. The van der Waals surface area contributed by atoms with E-state index in [1.54, 1.807) is 6.42 Å². The van der Waals surface area contributed by atoms with Gasteiger partial charge in [-0.3, -0.25) is 0 Å². The Hall–Kier alpha value is 0. The predicted octanol–water partition coefficient (Wildman–Crippen LogP) is 5.42. The minimum Gasteiger partial charge on any atom is -0.0654 e. The van der Waals surface area contributed by atoms with E-state index >= 15 is 0 Å². The molecule has 0 bridgehead atoms. The van der Waals surface area contributed by atoms with Crippen LogP contribution in [0.3, 0.4) is 0 Å². The number of rotatable bonds is 7. The van der Waals surface area contributed by atoms with Crippen LogP contribution in [0.1, 0.15) is 78.6 Å². The first-order chi connectivity index (χ1) is 7.27. The van der Waals surface area contributed by atoms with Crippen LogP contribution >= 0.6 is 0 Å². The quantitative estimate of drug-likeness (QED) is 0.492. The van der Waals surface area contributed by atoms with Crippen LogP contribution in [-0.4, -0.2) is 0 Å². The van der Waals surface area contributed by atoms with Crippen molar-refractivity contribution in [2.45, 2.75) is 78.6 Å². The monoisotopic (exact) mass is 210 g/mol. The van der Waals surface area contributed by atoms with E-state index in [9.17, 15) is 0 Å². The minimum absolute atomic E-state index is 0.999. The number of unbranched alkanes of at least 4 members (excludes halogenated alkanes) is 2. The first-order valence-electron chi connectivity index (χ1n) is 7.27. The zero-order chi connectivity index (χ0) is 11.1. The first kappa shape index (κ1) is 13.1. The molecule has 0 amide bonds. The van der Waals surface area contributed by atoms with Crippen molar-refractivity contribution in [3.63, 3.8) is 0 Å². The highest BCUT2D eigenvalue weighted by Gasteiger charge is 2.27. The van der Waals surface area contributed by atoms with Gasteiger partial charge in [-0.05, 0) is 30.6 Å². The van der Waals surface area contributed by atoms with E-state index in [-0.39, 0.29) is 0 Å². The fourth-order valence-corrected chi connectivity index (χ4v) is 3.25. The van der Waals surface area contributed by atoms with Crippen LogP contribution in [0, 0.1) is 17.8 Å². The molecule has 0 radical (unpaired) electrons. The lowest BCUT2D eigenvalue weighted by molar-refractivity contribution is 0.321. The van der Waals surface area contributed by atoms with E-state index < -0.39 is 0 Å². The fraction of sp³-hybridized carbons (Fsp3) is 1.00. The summed E-state index contributed by atoms with van der Waals surface area (Å²) in [5, 5.41) is 0. The van der Waals surface area contributed by atoms with Crippen molar-refractivity contribution in [1.29, 1.82) is 0 Å². The summed E-state index contributed by atoms with van der Waals surface area (Å²) < 4.78 is 0. The Labute approximate surface area is 96.8 Å². The summed E-state index contributed by atoms with van der Waals surface area (Å²) in [6.07, 6.45) is 13.2. The van der Waals surface area contributed by atoms with Crippen LogP contribution in [0.15, 0.2) is 0 Å². The second-order valence-electron chi connectivity index (χ2n) is 5.70. The third-order valence-electron chi connectivity index (χ3n) is 4.35. The summed E-state index contributed by atoms with van der Waals surface area (Å²) in [7, 11) is 0. The van der Waals surface area contributed by atoms with Crippen molar-refractivity contribution in [2.75, 3.05) is 0 Å². The molecule has 1 rings (SSSR count). The molecule has 3 atom stereocenters. The van der Waals surface area contributed by atoms with Crippen molar-refractivity contribution >= 4 is 0 Å². The van der Waals surface area contributed by atoms with Crippen LogP contribution < -0.4 is 0 Å².